The number of ether oxygens (including phenoxy) is 1. The topological polar surface area (TPSA) is 70.0 Å². The number of hydrogen-bond donors (Lipinski definition) is 2. The Morgan fingerprint density at radius 2 is 1.81 bits per heavy atom. The number of amides is 1. The van der Waals surface area contributed by atoms with Gasteiger partial charge in [-0.2, -0.15) is 0 Å². The average Bonchev–Trinajstić information content (AvgIpc) is 2.43. The van der Waals surface area contributed by atoms with Gasteiger partial charge in [-0.1, -0.05) is 37.3 Å². The summed E-state index contributed by atoms with van der Waals surface area (Å²) in [6.45, 7) is 6.61. The molecule has 0 bridgehead atoms. The molecule has 0 aliphatic heterocycles. The van der Waals surface area contributed by atoms with Crippen LogP contribution in [0.25, 0.3) is 0 Å². The van der Waals surface area contributed by atoms with Crippen LogP contribution in [0.5, 0.6) is 0 Å². The number of aliphatic hydroxyl groups excluding tert-OH is 1. The molecule has 0 heterocycles. The largest absolute Gasteiger partial charge is 0.444 e. The molecule has 0 spiro atoms. The minimum Gasteiger partial charge on any atom is -0.444 e. The molecule has 0 fully saturated rings. The molecule has 0 saturated carbocycles. The van der Waals surface area contributed by atoms with Crippen LogP contribution in [0.3, 0.4) is 0 Å². The number of hydrogen-bond acceptors (Lipinski definition) is 4. The van der Waals surface area contributed by atoms with Gasteiger partial charge in [0.15, 0.2) is 5.72 Å². The lowest BCUT2D eigenvalue weighted by atomic mass is 10.1. The van der Waals surface area contributed by atoms with E-state index in [1.165, 1.54) is 4.90 Å². The van der Waals surface area contributed by atoms with Crippen molar-refractivity contribution in [3.8, 4) is 0 Å². The van der Waals surface area contributed by atoms with Gasteiger partial charge in [-0.3, -0.25) is 4.90 Å². The second-order valence-corrected chi connectivity index (χ2v) is 6.05. The Hall–Kier alpha value is -1.59. The third kappa shape index (κ3) is 5.02. The maximum atomic E-state index is 12.4. The van der Waals surface area contributed by atoms with Gasteiger partial charge >= 0.3 is 6.09 Å². The Kier molecular flexibility index (Phi) is 5.75. The van der Waals surface area contributed by atoms with Crippen LogP contribution in [-0.2, 0) is 11.3 Å². The van der Waals surface area contributed by atoms with Crippen molar-refractivity contribution in [2.45, 2.75) is 52.0 Å². The van der Waals surface area contributed by atoms with Gasteiger partial charge in [-0.05, 0) is 32.8 Å². The van der Waals surface area contributed by atoms with Crippen LogP contribution < -0.4 is 0 Å². The molecular formula is C16H25NO4. The molecule has 0 aliphatic rings. The van der Waals surface area contributed by atoms with Crippen molar-refractivity contribution in [3.05, 3.63) is 35.9 Å². The van der Waals surface area contributed by atoms with Gasteiger partial charge in [0, 0.05) is 0 Å². The van der Waals surface area contributed by atoms with Crippen LogP contribution in [0.2, 0.25) is 0 Å². The minimum absolute atomic E-state index is 0.167. The van der Waals surface area contributed by atoms with Crippen molar-refractivity contribution in [2.24, 2.45) is 0 Å². The smallest absolute Gasteiger partial charge is 0.412 e. The molecule has 5 heteroatoms. The second-order valence-electron chi connectivity index (χ2n) is 6.05. The lowest BCUT2D eigenvalue weighted by Crippen LogP contribution is -2.54. The zero-order valence-electron chi connectivity index (χ0n) is 13.2. The van der Waals surface area contributed by atoms with E-state index in [1.807, 2.05) is 30.3 Å². The third-order valence-electron chi connectivity index (χ3n) is 3.12. The summed E-state index contributed by atoms with van der Waals surface area (Å²) in [6.07, 6.45) is -0.444. The van der Waals surface area contributed by atoms with Gasteiger partial charge in [0.1, 0.15) is 5.60 Å². The third-order valence-corrected chi connectivity index (χ3v) is 3.12. The molecule has 0 saturated heterocycles. The predicted molar refractivity (Wildman–Crippen MR) is 80.5 cm³/mol. The number of rotatable bonds is 5. The van der Waals surface area contributed by atoms with Gasteiger partial charge in [-0.25, -0.2) is 4.79 Å². The van der Waals surface area contributed by atoms with E-state index in [-0.39, 0.29) is 13.0 Å². The fourth-order valence-corrected chi connectivity index (χ4v) is 1.85. The van der Waals surface area contributed by atoms with Crippen LogP contribution in [0.4, 0.5) is 4.79 Å². The molecule has 0 aliphatic carbocycles. The predicted octanol–water partition coefficient (Wildman–Crippen LogP) is 2.51. The van der Waals surface area contributed by atoms with Gasteiger partial charge < -0.3 is 14.9 Å². The van der Waals surface area contributed by atoms with E-state index >= 15 is 0 Å². The standard InChI is InChI=1S/C16H25NO4/c1-5-16(20,12-18)17(14(19)21-15(2,3)4)11-13-9-7-6-8-10-13/h6-10,18,20H,5,11-12H2,1-4H3. The number of benzene rings is 1. The highest BCUT2D eigenvalue weighted by atomic mass is 16.6. The van der Waals surface area contributed by atoms with Crippen molar-refractivity contribution < 1.29 is 19.7 Å². The van der Waals surface area contributed by atoms with E-state index in [4.69, 9.17) is 4.74 Å². The molecular weight excluding hydrogens is 270 g/mol. The first-order valence-corrected chi connectivity index (χ1v) is 7.09. The van der Waals surface area contributed by atoms with Crippen molar-refractivity contribution in [1.29, 1.82) is 0 Å². The molecule has 1 atom stereocenters. The summed E-state index contributed by atoms with van der Waals surface area (Å²) < 4.78 is 5.34. The normalized spacial score (nSPS) is 14.4. The van der Waals surface area contributed by atoms with Crippen LogP contribution in [-0.4, -0.2) is 39.1 Å². The summed E-state index contributed by atoms with van der Waals surface area (Å²) in [5, 5.41) is 20.0. The summed E-state index contributed by atoms with van der Waals surface area (Å²) in [5.41, 5.74) is -1.46. The second kappa shape index (κ2) is 6.91. The average molecular weight is 295 g/mol. The maximum absolute atomic E-state index is 12.4. The first-order chi connectivity index (χ1) is 9.72. The zero-order valence-corrected chi connectivity index (χ0v) is 13.2. The fraction of sp³-hybridized carbons (Fsp3) is 0.562. The number of aliphatic hydroxyl groups is 2. The summed E-state index contributed by atoms with van der Waals surface area (Å²) in [6, 6.07) is 9.29. The molecule has 5 nitrogen and oxygen atoms in total. The number of carbonyl (C=O) groups is 1. The van der Waals surface area contributed by atoms with Gasteiger partial charge in [0.05, 0.1) is 13.2 Å². The van der Waals surface area contributed by atoms with Crippen LogP contribution >= 0.6 is 0 Å². The SMILES string of the molecule is CCC(O)(CO)N(Cc1ccccc1)C(=O)OC(C)(C)C. The Morgan fingerprint density at radius 1 is 1.24 bits per heavy atom. The maximum Gasteiger partial charge on any atom is 0.412 e. The molecule has 1 aromatic carbocycles. The Balaban J connectivity index is 3.03. The van der Waals surface area contributed by atoms with Crippen molar-refractivity contribution in [2.75, 3.05) is 6.61 Å². The molecule has 0 radical (unpaired) electrons. The highest BCUT2D eigenvalue weighted by molar-refractivity contribution is 5.69. The summed E-state index contributed by atoms with van der Waals surface area (Å²) in [4.78, 5) is 13.5. The quantitative estimate of drug-likeness (QED) is 0.819. The highest BCUT2D eigenvalue weighted by Crippen LogP contribution is 2.22. The van der Waals surface area contributed by atoms with E-state index < -0.39 is 24.0 Å². The number of nitrogens with zero attached hydrogens (tertiary/aromatic N) is 1. The minimum atomic E-state index is -1.64. The fourth-order valence-electron chi connectivity index (χ4n) is 1.85. The molecule has 2 N–H and O–H groups in total. The molecule has 1 aromatic rings. The Labute approximate surface area is 126 Å². The molecule has 1 rings (SSSR count). The first-order valence-electron chi connectivity index (χ1n) is 7.09. The molecule has 118 valence electrons. The monoisotopic (exact) mass is 295 g/mol. The molecule has 1 unspecified atom stereocenters. The van der Waals surface area contributed by atoms with E-state index in [1.54, 1.807) is 27.7 Å². The Bertz CT molecular complexity index is 449. The zero-order chi connectivity index (χ0) is 16.1. The van der Waals surface area contributed by atoms with Crippen LogP contribution in [0.1, 0.15) is 39.7 Å². The first kappa shape index (κ1) is 17.5. The Morgan fingerprint density at radius 3 is 2.24 bits per heavy atom. The van der Waals surface area contributed by atoms with E-state index in [0.29, 0.717) is 0 Å². The van der Waals surface area contributed by atoms with Gasteiger partial charge in [0.2, 0.25) is 0 Å². The van der Waals surface area contributed by atoms with Crippen molar-refractivity contribution in [1.82, 2.24) is 4.90 Å². The summed E-state index contributed by atoms with van der Waals surface area (Å²) in [5.74, 6) is 0. The summed E-state index contributed by atoms with van der Waals surface area (Å²) >= 11 is 0. The molecule has 1 amide bonds. The van der Waals surface area contributed by atoms with Crippen LogP contribution in [0, 0.1) is 0 Å². The molecule has 21 heavy (non-hydrogen) atoms. The van der Waals surface area contributed by atoms with Crippen LogP contribution in [0.15, 0.2) is 30.3 Å². The van der Waals surface area contributed by atoms with E-state index in [0.717, 1.165) is 5.56 Å². The summed E-state index contributed by atoms with van der Waals surface area (Å²) in [7, 11) is 0. The highest BCUT2D eigenvalue weighted by Gasteiger charge is 2.38. The van der Waals surface area contributed by atoms with E-state index in [2.05, 4.69) is 0 Å². The van der Waals surface area contributed by atoms with Crippen molar-refractivity contribution in [3.63, 3.8) is 0 Å². The van der Waals surface area contributed by atoms with Gasteiger partial charge in [0.25, 0.3) is 0 Å². The lowest BCUT2D eigenvalue weighted by molar-refractivity contribution is -0.139. The lowest BCUT2D eigenvalue weighted by Gasteiger charge is -2.38. The molecule has 0 aromatic heterocycles. The van der Waals surface area contributed by atoms with Gasteiger partial charge in [-0.15, -0.1) is 0 Å². The van der Waals surface area contributed by atoms with E-state index in [9.17, 15) is 15.0 Å². The number of carbonyl (C=O) groups excluding carboxylic acids is 1. The van der Waals surface area contributed by atoms with Crippen molar-refractivity contribution >= 4 is 6.09 Å².